The van der Waals surface area contributed by atoms with Crippen molar-refractivity contribution in [3.8, 4) is 0 Å². The molecule has 1 N–H and O–H groups in total. The standard InChI is InChI=1S/C15H20ClN3O2.2ClH/c16-12-3-1-2-4-14(12)18-6-8-19(9-7-18)15(20)13-11-21-10-5-17-13;;/h1-4,13,17H,5-11H2;2*1H. The van der Waals surface area contributed by atoms with Crippen molar-refractivity contribution in [1.29, 1.82) is 0 Å². The van der Waals surface area contributed by atoms with Crippen LogP contribution in [0.5, 0.6) is 0 Å². The molecule has 1 atom stereocenters. The van der Waals surface area contributed by atoms with Gasteiger partial charge in [-0.1, -0.05) is 23.7 Å². The molecule has 0 aliphatic carbocycles. The lowest BCUT2D eigenvalue weighted by atomic mass is 10.2. The highest BCUT2D eigenvalue weighted by atomic mass is 35.5. The molecular formula is C15H22Cl3N3O2. The van der Waals surface area contributed by atoms with Crippen LogP contribution in [0, 0.1) is 0 Å². The first kappa shape index (κ1) is 20.3. The molecule has 2 saturated heterocycles. The SMILES string of the molecule is Cl.Cl.O=C(C1COCCN1)N1CCN(c2ccccc2Cl)CC1. The molecule has 0 radical (unpaired) electrons. The molecule has 1 amide bonds. The average Bonchev–Trinajstić information content (AvgIpc) is 2.56. The zero-order valence-corrected chi connectivity index (χ0v) is 15.1. The number of ether oxygens (including phenoxy) is 1. The Morgan fingerprint density at radius 1 is 1.17 bits per heavy atom. The summed E-state index contributed by atoms with van der Waals surface area (Å²) in [5, 5.41) is 3.98. The molecule has 23 heavy (non-hydrogen) atoms. The van der Waals surface area contributed by atoms with Crippen LogP contribution in [0.1, 0.15) is 0 Å². The first-order valence-corrected chi connectivity index (χ1v) is 7.73. The third kappa shape index (κ3) is 4.88. The minimum absolute atomic E-state index is 0. The predicted octanol–water partition coefficient (Wildman–Crippen LogP) is 1.82. The first-order valence-electron chi connectivity index (χ1n) is 7.35. The number of anilines is 1. The van der Waals surface area contributed by atoms with Gasteiger partial charge >= 0.3 is 0 Å². The Hall–Kier alpha value is -0.720. The number of benzene rings is 1. The summed E-state index contributed by atoms with van der Waals surface area (Å²) in [6.07, 6.45) is 0. The normalized spacial score (nSPS) is 21.2. The topological polar surface area (TPSA) is 44.8 Å². The van der Waals surface area contributed by atoms with Gasteiger partial charge < -0.3 is 19.9 Å². The lowest BCUT2D eigenvalue weighted by Crippen LogP contribution is -2.57. The maximum absolute atomic E-state index is 12.4. The monoisotopic (exact) mass is 381 g/mol. The second kappa shape index (κ2) is 9.55. The summed E-state index contributed by atoms with van der Waals surface area (Å²) in [4.78, 5) is 16.6. The lowest BCUT2D eigenvalue weighted by molar-refractivity contribution is -0.136. The Labute approximate surface area is 154 Å². The number of para-hydroxylation sites is 1. The summed E-state index contributed by atoms with van der Waals surface area (Å²) in [5.41, 5.74) is 1.05. The van der Waals surface area contributed by atoms with Gasteiger partial charge in [0.05, 0.1) is 23.9 Å². The largest absolute Gasteiger partial charge is 0.378 e. The van der Waals surface area contributed by atoms with Crippen molar-refractivity contribution in [3.63, 3.8) is 0 Å². The molecule has 0 saturated carbocycles. The molecule has 2 fully saturated rings. The number of carbonyl (C=O) groups is 1. The second-order valence-corrected chi connectivity index (χ2v) is 5.75. The minimum Gasteiger partial charge on any atom is -0.378 e. The van der Waals surface area contributed by atoms with E-state index in [2.05, 4.69) is 10.2 Å². The summed E-state index contributed by atoms with van der Waals surface area (Å²) in [6.45, 7) is 4.97. The van der Waals surface area contributed by atoms with Crippen molar-refractivity contribution in [1.82, 2.24) is 10.2 Å². The summed E-state index contributed by atoms with van der Waals surface area (Å²) in [6, 6.07) is 7.65. The Morgan fingerprint density at radius 3 is 2.48 bits per heavy atom. The van der Waals surface area contributed by atoms with Crippen LogP contribution in [0.2, 0.25) is 5.02 Å². The van der Waals surface area contributed by atoms with Gasteiger partial charge in [-0.05, 0) is 12.1 Å². The molecule has 1 unspecified atom stereocenters. The fourth-order valence-electron chi connectivity index (χ4n) is 2.82. The maximum Gasteiger partial charge on any atom is 0.242 e. The van der Waals surface area contributed by atoms with Crippen LogP contribution in [0.4, 0.5) is 5.69 Å². The third-order valence-electron chi connectivity index (χ3n) is 4.00. The maximum atomic E-state index is 12.4. The van der Waals surface area contributed by atoms with E-state index in [1.54, 1.807) is 0 Å². The molecule has 2 aliphatic rings. The van der Waals surface area contributed by atoms with Crippen molar-refractivity contribution < 1.29 is 9.53 Å². The lowest BCUT2D eigenvalue weighted by Gasteiger charge is -2.38. The number of morpholine rings is 1. The van der Waals surface area contributed by atoms with Gasteiger partial charge in [-0.2, -0.15) is 0 Å². The summed E-state index contributed by atoms with van der Waals surface area (Å²) in [5.74, 6) is 0.147. The number of hydrogen-bond acceptors (Lipinski definition) is 4. The van der Waals surface area contributed by atoms with Crippen LogP contribution in [-0.2, 0) is 9.53 Å². The van der Waals surface area contributed by atoms with Crippen LogP contribution in [0.15, 0.2) is 24.3 Å². The highest BCUT2D eigenvalue weighted by Gasteiger charge is 2.29. The van der Waals surface area contributed by atoms with E-state index in [0.717, 1.165) is 43.4 Å². The Balaban J connectivity index is 0.00000132. The Kier molecular flexibility index (Phi) is 8.44. The first-order chi connectivity index (χ1) is 10.3. The number of amides is 1. The van der Waals surface area contributed by atoms with Gasteiger partial charge in [-0.15, -0.1) is 24.8 Å². The van der Waals surface area contributed by atoms with Crippen LogP contribution in [0.3, 0.4) is 0 Å². The van der Waals surface area contributed by atoms with Gasteiger partial charge in [0.2, 0.25) is 5.91 Å². The molecule has 0 spiro atoms. The average molecular weight is 383 g/mol. The highest BCUT2D eigenvalue weighted by Crippen LogP contribution is 2.26. The highest BCUT2D eigenvalue weighted by molar-refractivity contribution is 6.33. The summed E-state index contributed by atoms with van der Waals surface area (Å²) < 4.78 is 5.36. The zero-order valence-electron chi connectivity index (χ0n) is 12.7. The van der Waals surface area contributed by atoms with E-state index in [1.807, 2.05) is 29.2 Å². The van der Waals surface area contributed by atoms with E-state index in [9.17, 15) is 4.79 Å². The van der Waals surface area contributed by atoms with Crippen molar-refractivity contribution in [3.05, 3.63) is 29.3 Å². The smallest absolute Gasteiger partial charge is 0.242 e. The van der Waals surface area contributed by atoms with Crippen molar-refractivity contribution in [2.24, 2.45) is 0 Å². The Bertz CT molecular complexity index is 504. The fraction of sp³-hybridized carbons (Fsp3) is 0.533. The van der Waals surface area contributed by atoms with Crippen LogP contribution in [-0.4, -0.2) is 62.8 Å². The van der Waals surface area contributed by atoms with Crippen molar-refractivity contribution in [2.75, 3.05) is 50.8 Å². The van der Waals surface area contributed by atoms with E-state index < -0.39 is 0 Å². The van der Waals surface area contributed by atoms with Gasteiger partial charge in [0.25, 0.3) is 0 Å². The summed E-state index contributed by atoms with van der Waals surface area (Å²) >= 11 is 6.23. The van der Waals surface area contributed by atoms with Gasteiger partial charge in [-0.25, -0.2) is 0 Å². The molecule has 5 nitrogen and oxygen atoms in total. The number of nitrogens with zero attached hydrogens (tertiary/aromatic N) is 2. The molecule has 1 aromatic carbocycles. The number of piperazine rings is 1. The molecular weight excluding hydrogens is 361 g/mol. The van der Waals surface area contributed by atoms with E-state index in [-0.39, 0.29) is 36.8 Å². The fourth-order valence-corrected chi connectivity index (χ4v) is 3.08. The third-order valence-corrected chi connectivity index (χ3v) is 4.32. The molecule has 8 heteroatoms. The second-order valence-electron chi connectivity index (χ2n) is 5.35. The van der Waals surface area contributed by atoms with E-state index >= 15 is 0 Å². The quantitative estimate of drug-likeness (QED) is 0.847. The van der Waals surface area contributed by atoms with Crippen LogP contribution < -0.4 is 10.2 Å². The number of carbonyl (C=O) groups excluding carboxylic acids is 1. The number of nitrogens with one attached hydrogen (secondary N) is 1. The van der Waals surface area contributed by atoms with Crippen molar-refractivity contribution in [2.45, 2.75) is 6.04 Å². The molecule has 0 bridgehead atoms. The van der Waals surface area contributed by atoms with Gasteiger partial charge in [0.15, 0.2) is 0 Å². The molecule has 0 aromatic heterocycles. The van der Waals surface area contributed by atoms with Gasteiger partial charge in [-0.3, -0.25) is 4.79 Å². The van der Waals surface area contributed by atoms with E-state index in [4.69, 9.17) is 16.3 Å². The molecule has 3 rings (SSSR count). The molecule has 1 aromatic rings. The van der Waals surface area contributed by atoms with Gasteiger partial charge in [0.1, 0.15) is 6.04 Å². The summed E-state index contributed by atoms with van der Waals surface area (Å²) in [7, 11) is 0. The number of hydrogen-bond donors (Lipinski definition) is 1. The number of halogens is 3. The molecule has 130 valence electrons. The van der Waals surface area contributed by atoms with E-state index in [0.29, 0.717) is 13.2 Å². The Morgan fingerprint density at radius 2 is 1.87 bits per heavy atom. The van der Waals surface area contributed by atoms with Gasteiger partial charge in [0, 0.05) is 32.7 Å². The number of rotatable bonds is 2. The zero-order chi connectivity index (χ0) is 14.7. The molecule has 2 aliphatic heterocycles. The van der Waals surface area contributed by atoms with Crippen LogP contribution >= 0.6 is 36.4 Å². The van der Waals surface area contributed by atoms with Crippen molar-refractivity contribution >= 4 is 48.0 Å². The predicted molar refractivity (Wildman–Crippen MR) is 97.4 cm³/mol. The van der Waals surface area contributed by atoms with Crippen LogP contribution in [0.25, 0.3) is 0 Å². The molecule has 2 heterocycles. The minimum atomic E-state index is -0.189. The van der Waals surface area contributed by atoms with E-state index in [1.165, 1.54) is 0 Å².